The van der Waals surface area contributed by atoms with E-state index >= 15 is 0 Å². The van der Waals surface area contributed by atoms with Gasteiger partial charge in [-0.05, 0) is 49.6 Å². The molecule has 0 radical (unpaired) electrons. The fourth-order valence-electron chi connectivity index (χ4n) is 3.14. The Morgan fingerprint density at radius 3 is 2.17 bits per heavy atom. The van der Waals surface area contributed by atoms with Crippen LogP contribution >= 0.6 is 0 Å². The van der Waals surface area contributed by atoms with Gasteiger partial charge in [0.2, 0.25) is 11.8 Å². The van der Waals surface area contributed by atoms with E-state index in [1.165, 1.54) is 19.2 Å². The first-order valence-electron chi connectivity index (χ1n) is 9.32. The van der Waals surface area contributed by atoms with E-state index in [0.717, 1.165) is 21.6 Å². The minimum atomic E-state index is -3.72. The molecule has 0 atom stereocenters. The van der Waals surface area contributed by atoms with Crippen LogP contribution in [0.5, 0.6) is 0 Å². The molecule has 0 bridgehead atoms. The third kappa shape index (κ3) is 6.42. The Morgan fingerprint density at radius 2 is 1.63 bits per heavy atom. The number of anilines is 1. The van der Waals surface area contributed by atoms with Gasteiger partial charge in [-0.25, -0.2) is 8.42 Å². The molecule has 2 amide bonds. The predicted molar refractivity (Wildman–Crippen MR) is 116 cm³/mol. The Morgan fingerprint density at radius 1 is 1.07 bits per heavy atom. The lowest BCUT2D eigenvalue weighted by Crippen LogP contribution is -2.38. The van der Waals surface area contributed by atoms with Crippen molar-refractivity contribution in [3.05, 3.63) is 64.2 Å². The van der Waals surface area contributed by atoms with E-state index in [4.69, 9.17) is 5.26 Å². The quantitative estimate of drug-likeness (QED) is 0.730. The average Bonchev–Trinajstić information content (AvgIpc) is 2.64. The number of likely N-dealkylation sites (N-methyl/N-ethyl adjacent to an activating group) is 1. The molecule has 0 aromatic heterocycles. The summed E-state index contributed by atoms with van der Waals surface area (Å²) in [6.07, 6.45) is 0. The number of carbonyl (C=O) groups is 2. The van der Waals surface area contributed by atoms with Crippen molar-refractivity contribution < 1.29 is 18.0 Å². The normalized spacial score (nSPS) is 10.9. The largest absolute Gasteiger partial charge is 0.336 e. The third-order valence-electron chi connectivity index (χ3n) is 4.56. The molecule has 0 saturated heterocycles. The van der Waals surface area contributed by atoms with Crippen molar-refractivity contribution in [3.63, 3.8) is 0 Å². The van der Waals surface area contributed by atoms with Crippen LogP contribution in [-0.2, 0) is 25.2 Å². The molecule has 158 valence electrons. The molecule has 0 heterocycles. The number of aryl methyl sites for hydroxylation is 3. The smallest absolute Gasteiger partial charge is 0.243 e. The molecule has 0 unspecified atom stereocenters. The summed E-state index contributed by atoms with van der Waals surface area (Å²) in [6.45, 7) is 5.49. The first-order valence-corrected chi connectivity index (χ1v) is 11.1. The van der Waals surface area contributed by atoms with E-state index < -0.39 is 27.4 Å². The number of sulfone groups is 1. The SMILES string of the molecule is Cc1cc(C)c(NC(=O)CN(C)C(=O)CS(=O)(=O)Cc2ccc(C#N)cc2)c(C)c1. The summed E-state index contributed by atoms with van der Waals surface area (Å²) in [5.41, 5.74) is 4.53. The maximum atomic E-state index is 12.4. The summed E-state index contributed by atoms with van der Waals surface area (Å²) >= 11 is 0. The van der Waals surface area contributed by atoms with E-state index in [0.29, 0.717) is 16.8 Å². The van der Waals surface area contributed by atoms with Gasteiger partial charge in [-0.15, -0.1) is 0 Å². The molecule has 1 N–H and O–H groups in total. The number of hydrogen-bond donors (Lipinski definition) is 1. The summed E-state index contributed by atoms with van der Waals surface area (Å²) in [5.74, 6) is -2.06. The molecule has 0 aliphatic rings. The molecule has 2 aromatic carbocycles. The zero-order valence-electron chi connectivity index (χ0n) is 17.5. The highest BCUT2D eigenvalue weighted by atomic mass is 32.2. The fourth-order valence-corrected chi connectivity index (χ4v) is 4.54. The highest BCUT2D eigenvalue weighted by molar-refractivity contribution is 7.91. The van der Waals surface area contributed by atoms with Gasteiger partial charge in [0.25, 0.3) is 0 Å². The molecule has 30 heavy (non-hydrogen) atoms. The first-order chi connectivity index (χ1) is 14.0. The summed E-state index contributed by atoms with van der Waals surface area (Å²) < 4.78 is 24.7. The minimum absolute atomic E-state index is 0.252. The monoisotopic (exact) mass is 427 g/mol. The number of rotatable bonds is 7. The fraction of sp³-hybridized carbons (Fsp3) is 0.318. The molecule has 0 saturated carbocycles. The molecular weight excluding hydrogens is 402 g/mol. The van der Waals surface area contributed by atoms with Crippen molar-refractivity contribution in [2.45, 2.75) is 26.5 Å². The van der Waals surface area contributed by atoms with Crippen molar-refractivity contribution in [3.8, 4) is 6.07 Å². The van der Waals surface area contributed by atoms with Crippen LogP contribution in [0.2, 0.25) is 0 Å². The molecule has 2 rings (SSSR count). The van der Waals surface area contributed by atoms with Crippen molar-refractivity contribution >= 4 is 27.3 Å². The maximum Gasteiger partial charge on any atom is 0.243 e. The molecule has 0 fully saturated rings. The van der Waals surface area contributed by atoms with Gasteiger partial charge in [-0.3, -0.25) is 9.59 Å². The topological polar surface area (TPSA) is 107 Å². The Balaban J connectivity index is 1.96. The van der Waals surface area contributed by atoms with E-state index in [1.807, 2.05) is 39.0 Å². The zero-order valence-corrected chi connectivity index (χ0v) is 18.3. The van der Waals surface area contributed by atoms with Crippen molar-refractivity contribution in [2.24, 2.45) is 0 Å². The zero-order chi connectivity index (χ0) is 22.5. The van der Waals surface area contributed by atoms with Gasteiger partial charge in [0, 0.05) is 12.7 Å². The molecule has 0 aliphatic carbocycles. The second-order valence-corrected chi connectivity index (χ2v) is 9.48. The van der Waals surface area contributed by atoms with Crippen LogP contribution in [-0.4, -0.2) is 44.5 Å². The predicted octanol–water partition coefficient (Wildman–Crippen LogP) is 2.50. The number of nitriles is 1. The standard InChI is InChI=1S/C22H25N3O4S/c1-15-9-16(2)22(17(3)10-15)24-20(26)12-25(4)21(27)14-30(28,29)13-19-7-5-18(11-23)6-8-19/h5-10H,12-14H2,1-4H3,(H,24,26). The molecule has 8 heteroatoms. The van der Waals surface area contributed by atoms with Gasteiger partial charge in [0.15, 0.2) is 9.84 Å². The summed E-state index contributed by atoms with van der Waals surface area (Å²) in [4.78, 5) is 25.8. The number of nitrogens with zero attached hydrogens (tertiary/aromatic N) is 2. The number of benzene rings is 2. The number of carbonyl (C=O) groups excluding carboxylic acids is 2. The maximum absolute atomic E-state index is 12.4. The molecular formula is C22H25N3O4S. The van der Waals surface area contributed by atoms with Gasteiger partial charge in [-0.2, -0.15) is 5.26 Å². The Labute approximate surface area is 177 Å². The summed E-state index contributed by atoms with van der Waals surface area (Å²) in [7, 11) is -2.32. The van der Waals surface area contributed by atoms with Crippen molar-refractivity contribution in [1.29, 1.82) is 5.26 Å². The lowest BCUT2D eigenvalue weighted by molar-refractivity contribution is -0.131. The number of nitrogens with one attached hydrogen (secondary N) is 1. The van der Waals surface area contributed by atoms with Gasteiger partial charge >= 0.3 is 0 Å². The average molecular weight is 428 g/mol. The third-order valence-corrected chi connectivity index (χ3v) is 6.02. The molecule has 7 nitrogen and oxygen atoms in total. The van der Waals surface area contributed by atoms with Crippen molar-refractivity contribution in [1.82, 2.24) is 4.90 Å². The van der Waals surface area contributed by atoms with Crippen LogP contribution in [0.4, 0.5) is 5.69 Å². The van der Waals surface area contributed by atoms with Gasteiger partial charge in [-0.1, -0.05) is 29.8 Å². The second kappa shape index (κ2) is 9.55. The molecule has 0 aliphatic heterocycles. The second-order valence-electron chi connectivity index (χ2n) is 7.41. The highest BCUT2D eigenvalue weighted by Crippen LogP contribution is 2.21. The molecule has 0 spiro atoms. The minimum Gasteiger partial charge on any atom is -0.336 e. The van der Waals surface area contributed by atoms with Crippen LogP contribution in [0.3, 0.4) is 0 Å². The van der Waals surface area contributed by atoms with E-state index in [-0.39, 0.29) is 12.3 Å². The van der Waals surface area contributed by atoms with Crippen LogP contribution in [0, 0.1) is 32.1 Å². The van der Waals surface area contributed by atoms with Crippen LogP contribution in [0.15, 0.2) is 36.4 Å². The van der Waals surface area contributed by atoms with Gasteiger partial charge in [0.05, 0.1) is 23.9 Å². The first kappa shape index (κ1) is 23.1. The highest BCUT2D eigenvalue weighted by Gasteiger charge is 2.22. The van der Waals surface area contributed by atoms with Crippen molar-refractivity contribution in [2.75, 3.05) is 24.7 Å². The van der Waals surface area contributed by atoms with E-state index in [2.05, 4.69) is 5.32 Å². The van der Waals surface area contributed by atoms with Crippen LogP contribution in [0.1, 0.15) is 27.8 Å². The Hall–Kier alpha value is -3.18. The summed E-state index contributed by atoms with van der Waals surface area (Å²) in [5, 5.41) is 11.6. The summed E-state index contributed by atoms with van der Waals surface area (Å²) in [6, 6.07) is 12.0. The molecule has 2 aromatic rings. The lowest BCUT2D eigenvalue weighted by atomic mass is 10.1. The van der Waals surface area contributed by atoms with Crippen LogP contribution in [0.25, 0.3) is 0 Å². The number of amides is 2. The number of hydrogen-bond acceptors (Lipinski definition) is 5. The lowest BCUT2D eigenvalue weighted by Gasteiger charge is -2.18. The van der Waals surface area contributed by atoms with Gasteiger partial charge in [0.1, 0.15) is 5.75 Å². The van der Waals surface area contributed by atoms with Crippen LogP contribution < -0.4 is 5.32 Å². The van der Waals surface area contributed by atoms with Gasteiger partial charge < -0.3 is 10.2 Å². The Kier molecular flexibility index (Phi) is 7.35. The van der Waals surface area contributed by atoms with E-state index in [9.17, 15) is 18.0 Å². The van der Waals surface area contributed by atoms with E-state index in [1.54, 1.807) is 12.1 Å². The Bertz CT molecular complexity index is 1080.